The largest absolute Gasteiger partial charge is 0.490 e. The van der Waals surface area contributed by atoms with E-state index in [1.165, 1.54) is 0 Å². The van der Waals surface area contributed by atoms with Crippen LogP contribution in [-0.4, -0.2) is 25.4 Å². The summed E-state index contributed by atoms with van der Waals surface area (Å²) in [5, 5.41) is 2.73. The number of carbonyl (C=O) groups is 2. The van der Waals surface area contributed by atoms with E-state index in [1.807, 2.05) is 19.1 Å². The number of rotatable bonds is 7. The third-order valence-electron chi connectivity index (χ3n) is 2.89. The molecule has 0 saturated heterocycles. The molecule has 5 nitrogen and oxygen atoms in total. The van der Waals surface area contributed by atoms with Crippen molar-refractivity contribution >= 4 is 33.8 Å². The molecule has 0 fully saturated rings. The van der Waals surface area contributed by atoms with E-state index >= 15 is 0 Å². The van der Waals surface area contributed by atoms with E-state index in [1.54, 1.807) is 30.3 Å². The van der Waals surface area contributed by atoms with Crippen molar-refractivity contribution < 1.29 is 19.1 Å². The molecule has 0 heterocycles. The highest BCUT2D eigenvalue weighted by atomic mass is 79.9. The lowest BCUT2D eigenvalue weighted by molar-refractivity contribution is -0.118. The Morgan fingerprint density at radius 1 is 1.13 bits per heavy atom. The molecule has 0 atom stereocenters. The van der Waals surface area contributed by atoms with E-state index in [2.05, 4.69) is 21.2 Å². The van der Waals surface area contributed by atoms with Gasteiger partial charge in [-0.15, -0.1) is 0 Å². The monoisotopic (exact) mass is 377 g/mol. The number of ether oxygens (including phenoxy) is 2. The summed E-state index contributed by atoms with van der Waals surface area (Å²) >= 11 is 3.33. The van der Waals surface area contributed by atoms with Crippen LogP contribution in [0, 0.1) is 0 Å². The smallest absolute Gasteiger partial charge is 0.262 e. The molecular formula is C17H16BrNO4. The lowest BCUT2D eigenvalue weighted by atomic mass is 10.2. The van der Waals surface area contributed by atoms with Crippen LogP contribution in [0.2, 0.25) is 0 Å². The van der Waals surface area contributed by atoms with Crippen molar-refractivity contribution in [2.75, 3.05) is 18.5 Å². The molecule has 0 aliphatic heterocycles. The van der Waals surface area contributed by atoms with Crippen LogP contribution < -0.4 is 14.8 Å². The molecule has 6 heteroatoms. The third kappa shape index (κ3) is 5.10. The Labute approximate surface area is 142 Å². The Hall–Kier alpha value is -2.34. The number of hydrogen-bond acceptors (Lipinski definition) is 4. The molecule has 0 bridgehead atoms. The fourth-order valence-corrected chi connectivity index (χ4v) is 2.12. The summed E-state index contributed by atoms with van der Waals surface area (Å²) in [5.41, 5.74) is 1.17. The van der Waals surface area contributed by atoms with Crippen LogP contribution in [0.1, 0.15) is 17.3 Å². The molecule has 2 aromatic rings. The summed E-state index contributed by atoms with van der Waals surface area (Å²) in [6.07, 6.45) is 0.729. The van der Waals surface area contributed by atoms with Crippen molar-refractivity contribution in [2.45, 2.75) is 6.92 Å². The van der Waals surface area contributed by atoms with Crippen molar-refractivity contribution in [1.29, 1.82) is 0 Å². The lowest BCUT2D eigenvalue weighted by Gasteiger charge is -2.12. The van der Waals surface area contributed by atoms with Crippen LogP contribution in [0.25, 0.3) is 0 Å². The van der Waals surface area contributed by atoms with Crippen LogP contribution in [0.15, 0.2) is 46.9 Å². The van der Waals surface area contributed by atoms with Gasteiger partial charge < -0.3 is 14.8 Å². The minimum atomic E-state index is -0.283. The van der Waals surface area contributed by atoms with Crippen LogP contribution in [0.5, 0.6) is 11.5 Å². The molecule has 0 spiro atoms. The number of carbonyl (C=O) groups excluding carboxylic acids is 2. The molecule has 0 unspecified atom stereocenters. The molecule has 0 aliphatic carbocycles. The van der Waals surface area contributed by atoms with E-state index < -0.39 is 0 Å². The van der Waals surface area contributed by atoms with Gasteiger partial charge in [-0.3, -0.25) is 9.59 Å². The minimum absolute atomic E-state index is 0.156. The van der Waals surface area contributed by atoms with Gasteiger partial charge in [-0.25, -0.2) is 0 Å². The average Bonchev–Trinajstić information content (AvgIpc) is 2.56. The molecule has 0 saturated carbocycles. The zero-order valence-corrected chi connectivity index (χ0v) is 14.1. The number of aldehydes is 1. The maximum absolute atomic E-state index is 11.9. The highest BCUT2D eigenvalue weighted by Gasteiger charge is 2.09. The first-order valence-corrected chi connectivity index (χ1v) is 7.82. The summed E-state index contributed by atoms with van der Waals surface area (Å²) in [7, 11) is 0. The van der Waals surface area contributed by atoms with Crippen molar-refractivity contribution in [2.24, 2.45) is 0 Å². The second-order valence-electron chi connectivity index (χ2n) is 4.60. The molecule has 0 aliphatic rings. The predicted molar refractivity (Wildman–Crippen MR) is 91.3 cm³/mol. The highest BCUT2D eigenvalue weighted by molar-refractivity contribution is 9.10. The Balaban J connectivity index is 1.98. The maximum atomic E-state index is 11.9. The Morgan fingerprint density at radius 3 is 2.52 bits per heavy atom. The standard InChI is InChI=1S/C17H16BrNO4/c1-2-22-16-9-12(10-20)3-8-15(16)23-11-17(21)19-14-6-4-13(18)5-7-14/h3-10H,2,11H2,1H3,(H,19,21). The van der Waals surface area contributed by atoms with Gasteiger partial charge in [0.05, 0.1) is 6.61 Å². The molecular weight excluding hydrogens is 362 g/mol. The minimum Gasteiger partial charge on any atom is -0.490 e. The number of hydrogen-bond donors (Lipinski definition) is 1. The number of benzene rings is 2. The van der Waals surface area contributed by atoms with Gasteiger partial charge in [0.15, 0.2) is 18.1 Å². The maximum Gasteiger partial charge on any atom is 0.262 e. The SMILES string of the molecule is CCOc1cc(C=O)ccc1OCC(=O)Nc1ccc(Br)cc1. The Kier molecular flexibility index (Phi) is 6.17. The zero-order chi connectivity index (χ0) is 16.7. The fraction of sp³-hybridized carbons (Fsp3) is 0.176. The molecule has 120 valence electrons. The second-order valence-corrected chi connectivity index (χ2v) is 5.52. The summed E-state index contributed by atoms with van der Waals surface area (Å²) < 4.78 is 11.8. The first kappa shape index (κ1) is 17.0. The predicted octanol–water partition coefficient (Wildman–Crippen LogP) is 3.68. The van der Waals surface area contributed by atoms with Crippen LogP contribution in [0.4, 0.5) is 5.69 Å². The second kappa shape index (κ2) is 8.33. The number of halogens is 1. The van der Waals surface area contributed by atoms with Gasteiger partial charge in [0.2, 0.25) is 0 Å². The summed E-state index contributed by atoms with van der Waals surface area (Å²) in [4.78, 5) is 22.7. The summed E-state index contributed by atoms with van der Waals surface area (Å²) in [5.74, 6) is 0.575. The van der Waals surface area contributed by atoms with Crippen LogP contribution in [-0.2, 0) is 4.79 Å². The molecule has 1 N–H and O–H groups in total. The van der Waals surface area contributed by atoms with Crippen LogP contribution in [0.3, 0.4) is 0 Å². The van der Waals surface area contributed by atoms with Gasteiger partial charge in [-0.05, 0) is 49.4 Å². The van der Waals surface area contributed by atoms with Gasteiger partial charge in [0, 0.05) is 15.7 Å². The topological polar surface area (TPSA) is 64.6 Å². The Bertz CT molecular complexity index is 685. The van der Waals surface area contributed by atoms with Gasteiger partial charge in [0.25, 0.3) is 5.91 Å². The fourth-order valence-electron chi connectivity index (χ4n) is 1.86. The number of anilines is 1. The van der Waals surface area contributed by atoms with Crippen molar-refractivity contribution in [3.63, 3.8) is 0 Å². The first-order valence-electron chi connectivity index (χ1n) is 7.02. The number of amides is 1. The van der Waals surface area contributed by atoms with E-state index in [-0.39, 0.29) is 12.5 Å². The third-order valence-corrected chi connectivity index (χ3v) is 3.42. The summed E-state index contributed by atoms with van der Waals surface area (Å²) in [6.45, 7) is 2.11. The lowest BCUT2D eigenvalue weighted by Crippen LogP contribution is -2.20. The van der Waals surface area contributed by atoms with Crippen LogP contribution >= 0.6 is 15.9 Å². The Morgan fingerprint density at radius 2 is 1.87 bits per heavy atom. The molecule has 2 rings (SSSR count). The van der Waals surface area contributed by atoms with E-state index in [0.717, 1.165) is 10.8 Å². The van der Waals surface area contributed by atoms with Gasteiger partial charge in [-0.2, -0.15) is 0 Å². The zero-order valence-electron chi connectivity index (χ0n) is 12.5. The van der Waals surface area contributed by atoms with Gasteiger partial charge >= 0.3 is 0 Å². The normalized spacial score (nSPS) is 10.0. The first-order chi connectivity index (χ1) is 11.1. The summed E-state index contributed by atoms with van der Waals surface area (Å²) in [6, 6.07) is 12.0. The van der Waals surface area contributed by atoms with Crippen molar-refractivity contribution in [3.8, 4) is 11.5 Å². The molecule has 23 heavy (non-hydrogen) atoms. The molecule has 0 radical (unpaired) electrons. The average molecular weight is 378 g/mol. The van der Waals surface area contributed by atoms with Crippen molar-refractivity contribution in [3.05, 3.63) is 52.5 Å². The highest BCUT2D eigenvalue weighted by Crippen LogP contribution is 2.28. The molecule has 0 aromatic heterocycles. The van der Waals surface area contributed by atoms with E-state index in [9.17, 15) is 9.59 Å². The van der Waals surface area contributed by atoms with E-state index in [4.69, 9.17) is 9.47 Å². The van der Waals surface area contributed by atoms with Gasteiger partial charge in [0.1, 0.15) is 6.29 Å². The molecule has 1 amide bonds. The van der Waals surface area contributed by atoms with Gasteiger partial charge in [-0.1, -0.05) is 15.9 Å². The van der Waals surface area contributed by atoms with E-state index in [0.29, 0.717) is 29.4 Å². The molecule has 2 aromatic carbocycles. The quantitative estimate of drug-likeness (QED) is 0.747. The van der Waals surface area contributed by atoms with Crippen molar-refractivity contribution in [1.82, 2.24) is 0 Å². The number of nitrogens with one attached hydrogen (secondary N) is 1.